The third-order valence-electron chi connectivity index (χ3n) is 6.27. The first-order chi connectivity index (χ1) is 18.5. The summed E-state index contributed by atoms with van der Waals surface area (Å²) in [5.74, 6) is 2.40. The van der Waals surface area contributed by atoms with Crippen LogP contribution in [0.15, 0.2) is 48.5 Å². The van der Waals surface area contributed by atoms with E-state index in [1.54, 1.807) is 7.11 Å². The van der Waals surface area contributed by atoms with Crippen LogP contribution in [-0.2, 0) is 27.2 Å². The zero-order valence-corrected chi connectivity index (χ0v) is 23.2. The van der Waals surface area contributed by atoms with E-state index in [0.29, 0.717) is 32.4 Å². The maximum atomic E-state index is 10.4. The minimum absolute atomic E-state index is 0.146. The molecule has 2 amide bonds. The Labute approximate surface area is 228 Å². The molecule has 38 heavy (non-hydrogen) atoms. The molecule has 2 aromatic rings. The van der Waals surface area contributed by atoms with Crippen molar-refractivity contribution < 1.29 is 23.9 Å². The molecule has 1 fully saturated rings. The molecule has 1 aliphatic carbocycles. The van der Waals surface area contributed by atoms with Crippen molar-refractivity contribution >= 4 is 18.6 Å². The Hall–Kier alpha value is -3.35. The van der Waals surface area contributed by atoms with E-state index in [-0.39, 0.29) is 5.91 Å². The average Bonchev–Trinajstić information content (AvgIpc) is 3.46. The number of methoxy groups -OCH3 is 1. The molecule has 1 aliphatic rings. The van der Waals surface area contributed by atoms with Gasteiger partial charge in [0, 0.05) is 19.4 Å². The number of benzene rings is 2. The lowest BCUT2D eigenvalue weighted by atomic mass is 10.0. The van der Waals surface area contributed by atoms with Gasteiger partial charge in [-0.25, -0.2) is 0 Å². The van der Waals surface area contributed by atoms with Crippen molar-refractivity contribution in [3.63, 3.8) is 0 Å². The summed E-state index contributed by atoms with van der Waals surface area (Å²) in [4.78, 5) is 30.4. The lowest BCUT2D eigenvalue weighted by molar-refractivity contribution is -0.118. The van der Waals surface area contributed by atoms with Crippen LogP contribution >= 0.6 is 0 Å². The summed E-state index contributed by atoms with van der Waals surface area (Å²) < 4.78 is 10.5. The largest absolute Gasteiger partial charge is 0.497 e. The fourth-order valence-electron chi connectivity index (χ4n) is 4.11. The summed E-state index contributed by atoms with van der Waals surface area (Å²) in [5.41, 5.74) is 7.57. The molecule has 1 saturated carbocycles. The van der Waals surface area contributed by atoms with Gasteiger partial charge in [0.15, 0.2) is 0 Å². The van der Waals surface area contributed by atoms with Gasteiger partial charge in [-0.2, -0.15) is 0 Å². The number of hydrogen-bond acceptors (Lipinski definition) is 5. The number of amides is 2. The van der Waals surface area contributed by atoms with E-state index in [4.69, 9.17) is 15.2 Å². The van der Waals surface area contributed by atoms with Crippen LogP contribution in [0.5, 0.6) is 11.5 Å². The molecule has 7 nitrogen and oxygen atoms in total. The highest BCUT2D eigenvalue weighted by Crippen LogP contribution is 2.28. The van der Waals surface area contributed by atoms with E-state index in [1.807, 2.05) is 36.4 Å². The number of ether oxygens (including phenoxy) is 2. The number of aryl methyl sites for hydroxylation is 1. The van der Waals surface area contributed by atoms with Crippen LogP contribution in [0.25, 0.3) is 0 Å². The summed E-state index contributed by atoms with van der Waals surface area (Å²) in [6.07, 6.45) is 13.1. The van der Waals surface area contributed by atoms with Crippen molar-refractivity contribution in [3.8, 4) is 11.5 Å². The van der Waals surface area contributed by atoms with Crippen LogP contribution in [0.2, 0.25) is 0 Å². The Balaban J connectivity index is 0.000000291. The molecule has 0 heterocycles. The molecule has 0 unspecified atom stereocenters. The molecule has 0 bridgehead atoms. The second-order valence-electron chi connectivity index (χ2n) is 9.38. The number of unbranched alkanes of at least 4 members (excludes halogenated alkanes) is 1. The number of rotatable bonds is 15. The quantitative estimate of drug-likeness (QED) is 0.238. The van der Waals surface area contributed by atoms with Gasteiger partial charge in [-0.3, -0.25) is 9.59 Å². The highest BCUT2D eigenvalue weighted by molar-refractivity contribution is 5.73. The van der Waals surface area contributed by atoms with Gasteiger partial charge in [-0.1, -0.05) is 63.3 Å². The predicted octanol–water partition coefficient (Wildman–Crippen LogP) is 5.42. The lowest BCUT2D eigenvalue weighted by Crippen LogP contribution is -2.14. The van der Waals surface area contributed by atoms with Crippen LogP contribution < -0.4 is 20.5 Å². The van der Waals surface area contributed by atoms with Gasteiger partial charge in [-0.05, 0) is 67.0 Å². The van der Waals surface area contributed by atoms with Crippen molar-refractivity contribution in [2.45, 2.75) is 77.6 Å². The Bertz CT molecular complexity index is 878. The Morgan fingerprint density at radius 3 is 2.11 bits per heavy atom. The molecule has 210 valence electrons. The molecular formula is C31H46N2O5. The lowest BCUT2D eigenvalue weighted by Gasteiger charge is -2.05. The third-order valence-corrected chi connectivity index (χ3v) is 6.27. The fraction of sp³-hybridized carbons (Fsp3) is 0.516. The third kappa shape index (κ3) is 16.4. The molecule has 0 aliphatic heterocycles. The second-order valence-corrected chi connectivity index (χ2v) is 9.38. The maximum absolute atomic E-state index is 10.4. The van der Waals surface area contributed by atoms with Gasteiger partial charge < -0.3 is 25.3 Å². The SMILES string of the molecule is CCCc1ccc(OCCCC=O)cc1.COc1ccc(CCNC=O)cc1.NC(=O)CCC1CCCC1. The van der Waals surface area contributed by atoms with E-state index in [2.05, 4.69) is 24.4 Å². The summed E-state index contributed by atoms with van der Waals surface area (Å²) >= 11 is 0. The standard InChI is InChI=1S/C13H18O2.C10H13NO2.C8H15NO/c1-2-5-12-6-8-13(9-7-12)15-11-4-3-10-14;1-13-10-4-2-9(3-5-10)6-7-11-8-12;9-8(10)6-5-7-3-1-2-4-7/h6-10H,2-5,11H2,1H3;2-5,8H,6-7H2,1H3,(H,11,12);7H,1-6H2,(H2,9,10). The highest BCUT2D eigenvalue weighted by Gasteiger charge is 2.14. The van der Waals surface area contributed by atoms with E-state index >= 15 is 0 Å². The van der Waals surface area contributed by atoms with Gasteiger partial charge in [-0.15, -0.1) is 0 Å². The summed E-state index contributed by atoms with van der Waals surface area (Å²) in [5, 5.41) is 2.61. The highest BCUT2D eigenvalue weighted by atomic mass is 16.5. The van der Waals surface area contributed by atoms with Crippen molar-refractivity contribution in [2.24, 2.45) is 11.7 Å². The number of hydrogen-bond donors (Lipinski definition) is 2. The van der Waals surface area contributed by atoms with Crippen molar-refractivity contribution in [1.82, 2.24) is 5.32 Å². The maximum Gasteiger partial charge on any atom is 0.217 e. The predicted molar refractivity (Wildman–Crippen MR) is 152 cm³/mol. The van der Waals surface area contributed by atoms with Gasteiger partial charge in [0.2, 0.25) is 12.3 Å². The van der Waals surface area contributed by atoms with Crippen LogP contribution in [0.3, 0.4) is 0 Å². The fourth-order valence-corrected chi connectivity index (χ4v) is 4.11. The van der Waals surface area contributed by atoms with Gasteiger partial charge in [0.05, 0.1) is 13.7 Å². The normalized spacial score (nSPS) is 12.3. The molecule has 0 spiro atoms. The second kappa shape index (κ2) is 21.7. The Morgan fingerprint density at radius 2 is 1.58 bits per heavy atom. The Morgan fingerprint density at radius 1 is 0.974 bits per heavy atom. The van der Waals surface area contributed by atoms with Crippen molar-refractivity contribution in [1.29, 1.82) is 0 Å². The minimum atomic E-state index is -0.146. The average molecular weight is 527 g/mol. The molecule has 7 heteroatoms. The molecule has 2 aromatic carbocycles. The zero-order valence-electron chi connectivity index (χ0n) is 23.2. The van der Waals surface area contributed by atoms with E-state index in [0.717, 1.165) is 49.4 Å². The number of carbonyl (C=O) groups excluding carboxylic acids is 3. The smallest absolute Gasteiger partial charge is 0.217 e. The monoisotopic (exact) mass is 526 g/mol. The van der Waals surface area contributed by atoms with Crippen molar-refractivity contribution in [3.05, 3.63) is 59.7 Å². The molecular weight excluding hydrogens is 480 g/mol. The zero-order chi connectivity index (χ0) is 27.8. The first kappa shape index (κ1) is 32.7. The summed E-state index contributed by atoms with van der Waals surface area (Å²) in [7, 11) is 1.64. The van der Waals surface area contributed by atoms with E-state index in [9.17, 15) is 14.4 Å². The van der Waals surface area contributed by atoms with Gasteiger partial charge >= 0.3 is 0 Å². The number of aldehydes is 1. The van der Waals surface area contributed by atoms with E-state index < -0.39 is 0 Å². The first-order valence-corrected chi connectivity index (χ1v) is 13.8. The van der Waals surface area contributed by atoms with Gasteiger partial charge in [0.1, 0.15) is 17.8 Å². The molecule has 3 N–H and O–H groups in total. The molecule has 0 saturated heterocycles. The van der Waals surface area contributed by atoms with Crippen LogP contribution in [0.1, 0.15) is 75.8 Å². The minimum Gasteiger partial charge on any atom is -0.497 e. The Kier molecular flexibility index (Phi) is 18.7. The number of nitrogens with one attached hydrogen (secondary N) is 1. The molecule has 3 rings (SSSR count). The number of primary amides is 1. The molecule has 0 radical (unpaired) electrons. The molecule has 0 atom stereocenters. The summed E-state index contributed by atoms with van der Waals surface area (Å²) in [6.45, 7) is 3.46. The first-order valence-electron chi connectivity index (χ1n) is 13.8. The number of carbonyl (C=O) groups is 3. The summed E-state index contributed by atoms with van der Waals surface area (Å²) in [6, 6.07) is 16.0. The topological polar surface area (TPSA) is 108 Å². The van der Waals surface area contributed by atoms with Crippen molar-refractivity contribution in [2.75, 3.05) is 20.3 Å². The van der Waals surface area contributed by atoms with E-state index in [1.165, 1.54) is 43.2 Å². The van der Waals surface area contributed by atoms with Crippen LogP contribution in [-0.4, -0.2) is 38.9 Å². The van der Waals surface area contributed by atoms with Crippen LogP contribution in [0.4, 0.5) is 0 Å². The van der Waals surface area contributed by atoms with Crippen LogP contribution in [0, 0.1) is 5.92 Å². The van der Waals surface area contributed by atoms with Gasteiger partial charge in [0.25, 0.3) is 0 Å². The molecule has 0 aromatic heterocycles. The number of nitrogens with two attached hydrogens (primary N) is 1.